The number of nitrogens with zero attached hydrogens (tertiary/aromatic N) is 11. The van der Waals surface area contributed by atoms with Gasteiger partial charge in [-0.1, -0.05) is 43.9 Å². The number of aryl methyl sites for hydroxylation is 2. The van der Waals surface area contributed by atoms with Gasteiger partial charge in [-0.05, 0) is 185 Å². The van der Waals surface area contributed by atoms with Crippen molar-refractivity contribution in [2.45, 2.75) is 144 Å². The Morgan fingerprint density at radius 3 is 1.78 bits per heavy atom. The van der Waals surface area contributed by atoms with Crippen molar-refractivity contribution in [1.82, 2.24) is 58.3 Å². The van der Waals surface area contributed by atoms with E-state index in [0.717, 1.165) is 123 Å². The summed E-state index contributed by atoms with van der Waals surface area (Å²) in [5, 5.41) is 14.3. The van der Waals surface area contributed by atoms with Crippen molar-refractivity contribution in [3.63, 3.8) is 0 Å². The molecule has 0 atom stereocenters. The number of hydrogen-bond acceptors (Lipinski definition) is 17. The molecule has 448 valence electrons. The minimum absolute atomic E-state index is 0.0388. The van der Waals surface area contributed by atoms with Crippen LogP contribution in [0.2, 0.25) is 25.7 Å². The largest absolute Gasteiger partial charge is 0.481 e. The molecule has 0 radical (unpaired) electrons. The van der Waals surface area contributed by atoms with Crippen LogP contribution >= 0.6 is 15.9 Å². The smallest absolute Gasteiger partial charge is 0.278 e. The van der Waals surface area contributed by atoms with E-state index >= 15 is 0 Å². The van der Waals surface area contributed by atoms with Crippen LogP contribution in [0, 0.1) is 0 Å². The normalized spacial score (nSPS) is 19.0. The fraction of sp³-hybridized carbons (Fsp3) is 0.552. The zero-order valence-corrected chi connectivity index (χ0v) is 53.3. The number of rotatable bonds is 15. The predicted octanol–water partition coefficient (Wildman–Crippen LogP) is 8.79. The number of nitrogens with two attached hydrogens (primary N) is 1. The number of benzene rings is 2. The zero-order valence-electron chi connectivity index (χ0n) is 49.1. The maximum absolute atomic E-state index is 13.4. The number of nitrogen functional groups attached to an aromatic ring is 1. The molecule has 2 aliphatic carbocycles. The van der Waals surface area contributed by atoms with Crippen molar-refractivity contribution in [2.75, 3.05) is 85.2 Å². The lowest BCUT2D eigenvalue weighted by molar-refractivity contribution is 0.0702. The number of pyridine rings is 2. The number of likely N-dealkylation sites (tertiary alicyclic amines) is 2. The van der Waals surface area contributed by atoms with Crippen LogP contribution in [0.15, 0.2) is 76.0 Å². The first-order chi connectivity index (χ1) is 39.7. The van der Waals surface area contributed by atoms with Crippen molar-refractivity contribution in [3.05, 3.63) is 87.9 Å². The molecule has 0 amide bonds. The SMILES string of the molecule is CN1CCCC12CCN(S(=O)(=O)c1nc(Br)nn1COCC[Si](C)(C)C)CC2.COc1cc(-c2ccc3c(c2N)CCC3)ccn1.COc1cc(-c2ccc3c(c2Nc2n[nH]c(S(=O)(=O)N4CCC5(CCCN5C)CC4)n2)CCC3)ccn1. The maximum Gasteiger partial charge on any atom is 0.278 e. The summed E-state index contributed by atoms with van der Waals surface area (Å²) in [5.74, 6) is 1.39. The molecule has 0 saturated carbocycles. The summed E-state index contributed by atoms with van der Waals surface area (Å²) >= 11 is 3.22. The van der Waals surface area contributed by atoms with Gasteiger partial charge in [0.05, 0.1) is 19.9 Å². The summed E-state index contributed by atoms with van der Waals surface area (Å²) in [6.45, 7) is 11.8. The van der Waals surface area contributed by atoms with Gasteiger partial charge in [-0.2, -0.15) is 18.6 Å². The van der Waals surface area contributed by atoms with E-state index in [1.165, 1.54) is 46.2 Å². The number of halogens is 1. The molecule has 4 fully saturated rings. The van der Waals surface area contributed by atoms with Crippen molar-refractivity contribution < 1.29 is 31.0 Å². The van der Waals surface area contributed by atoms with Gasteiger partial charge in [0.2, 0.25) is 22.4 Å². The van der Waals surface area contributed by atoms with Gasteiger partial charge in [-0.15, -0.1) is 10.2 Å². The highest BCUT2D eigenvalue weighted by Crippen LogP contribution is 2.42. The first kappa shape index (κ1) is 60.7. The predicted molar refractivity (Wildman–Crippen MR) is 328 cm³/mol. The number of nitrogens with one attached hydrogen (secondary N) is 2. The number of methoxy groups -OCH3 is 2. The Morgan fingerprint density at radius 1 is 0.687 bits per heavy atom. The molecular formula is C58H81BrN14O7S2Si. The monoisotopic (exact) mass is 1260 g/mol. The minimum atomic E-state index is -3.76. The summed E-state index contributed by atoms with van der Waals surface area (Å²) in [4.78, 5) is 21.7. The van der Waals surface area contributed by atoms with E-state index in [1.54, 1.807) is 35.2 Å². The highest BCUT2D eigenvalue weighted by molar-refractivity contribution is 9.10. The summed E-state index contributed by atoms with van der Waals surface area (Å²) < 4.78 is 74.2. The van der Waals surface area contributed by atoms with E-state index in [9.17, 15) is 16.8 Å². The standard InChI is InChI=1S/C26H33N7O3S.C17H32BrN5O3SSi.C15H16N2O/c1-32-14-4-10-26(32)11-15-33(16-12-26)37(34,35)25-29-24(30-31-25)28-23-20-6-3-5-18(20)7-8-21(23)19-9-13-27-22(17-19)36-2;1-21-9-5-6-17(21)7-10-22(11-8-17)27(24,25)16-19-15(18)20-23(16)14-26-12-13-28(2,3)4;1-18-14-9-11(7-8-17-14)13-6-5-10-3-2-4-12(10)15(13)16/h7-9,13,17H,3-6,10-12,14-16H2,1-2H3,(H2,28,29,30,31);5-14H2,1-4H3;5-9H,2-4,16H2,1H3. The Bertz CT molecular complexity index is 3490. The molecule has 25 heteroatoms. The molecule has 4 aromatic heterocycles. The van der Waals surface area contributed by atoms with Gasteiger partial charge in [0.15, 0.2) is 0 Å². The van der Waals surface area contributed by atoms with Gasteiger partial charge >= 0.3 is 0 Å². The average Bonchev–Trinajstić information content (AvgIpc) is 4.58. The number of H-pyrrole nitrogens is 1. The van der Waals surface area contributed by atoms with Gasteiger partial charge in [-0.3, -0.25) is 0 Å². The molecule has 8 heterocycles. The molecular weight excluding hydrogens is 1180 g/mol. The second kappa shape index (κ2) is 25.3. The van der Waals surface area contributed by atoms with Gasteiger partial charge in [0.1, 0.15) is 6.73 Å². The van der Waals surface area contributed by atoms with E-state index in [4.69, 9.17) is 19.9 Å². The third-order valence-corrected chi connectivity index (χ3v) is 23.6. The Morgan fingerprint density at radius 2 is 1.23 bits per heavy atom. The number of piperidine rings is 2. The third-order valence-electron chi connectivity index (χ3n) is 18.0. The number of fused-ring (bicyclic) bond motifs is 2. The van der Waals surface area contributed by atoms with E-state index in [0.29, 0.717) is 44.5 Å². The van der Waals surface area contributed by atoms with Crippen molar-refractivity contribution >= 4 is 61.4 Å². The lowest BCUT2D eigenvalue weighted by Gasteiger charge is -2.42. The molecule has 0 unspecified atom stereocenters. The van der Waals surface area contributed by atoms with Crippen molar-refractivity contribution in [2.24, 2.45) is 0 Å². The lowest BCUT2D eigenvalue weighted by atomic mass is 9.86. The molecule has 0 bridgehead atoms. The molecule has 21 nitrogen and oxygen atoms in total. The average molecular weight is 1260 g/mol. The second-order valence-electron chi connectivity index (χ2n) is 24.1. The number of aromatic amines is 1. The van der Waals surface area contributed by atoms with Crippen molar-refractivity contribution in [3.8, 4) is 34.0 Å². The minimum Gasteiger partial charge on any atom is -0.481 e. The van der Waals surface area contributed by atoms with E-state index < -0.39 is 28.1 Å². The summed E-state index contributed by atoms with van der Waals surface area (Å²) in [6, 6.07) is 17.3. The molecule has 12 rings (SSSR count). The number of sulfonamides is 2. The molecule has 6 aliphatic rings. The van der Waals surface area contributed by atoms with Crippen LogP contribution in [0.5, 0.6) is 11.8 Å². The van der Waals surface area contributed by atoms with Gasteiger partial charge < -0.3 is 35.1 Å². The number of ether oxygens (including phenoxy) is 3. The van der Waals surface area contributed by atoms with Crippen LogP contribution < -0.4 is 20.5 Å². The lowest BCUT2D eigenvalue weighted by Crippen LogP contribution is -2.52. The van der Waals surface area contributed by atoms with E-state index in [1.807, 2.05) is 24.3 Å². The van der Waals surface area contributed by atoms with E-state index in [2.05, 4.69) is 124 Å². The molecule has 2 spiro atoms. The third kappa shape index (κ3) is 13.2. The Hall–Kier alpha value is -5.38. The first-order valence-electron chi connectivity index (χ1n) is 29.1. The van der Waals surface area contributed by atoms with Crippen LogP contribution in [0.4, 0.5) is 17.3 Å². The van der Waals surface area contributed by atoms with Crippen LogP contribution in [0.1, 0.15) is 86.5 Å². The Labute approximate surface area is 498 Å². The van der Waals surface area contributed by atoms with Gasteiger partial charge in [0, 0.05) is 93.3 Å². The number of aromatic nitrogens is 8. The topological polar surface area (TPSA) is 245 Å². The van der Waals surface area contributed by atoms with Crippen LogP contribution in [-0.4, -0.2) is 169 Å². The first-order valence-corrected chi connectivity index (χ1v) is 36.5. The Kier molecular flexibility index (Phi) is 18.5. The highest BCUT2D eigenvalue weighted by Gasteiger charge is 2.46. The highest BCUT2D eigenvalue weighted by atomic mass is 79.9. The molecule has 6 aromatic rings. The summed E-state index contributed by atoms with van der Waals surface area (Å²) in [5.41, 5.74) is 17.7. The molecule has 4 saturated heterocycles. The van der Waals surface area contributed by atoms with Gasteiger partial charge in [0.25, 0.3) is 30.4 Å². The number of anilines is 3. The molecule has 4 aliphatic heterocycles. The molecule has 4 N–H and O–H groups in total. The Balaban J connectivity index is 0.000000148. The van der Waals surface area contributed by atoms with Crippen LogP contribution in [0.3, 0.4) is 0 Å². The molecule has 83 heavy (non-hydrogen) atoms. The van der Waals surface area contributed by atoms with Crippen LogP contribution in [0.25, 0.3) is 22.3 Å². The fourth-order valence-electron chi connectivity index (χ4n) is 12.9. The summed E-state index contributed by atoms with van der Waals surface area (Å²) in [7, 11) is -1.13. The maximum atomic E-state index is 13.4. The zero-order chi connectivity index (χ0) is 58.7. The van der Waals surface area contributed by atoms with Gasteiger partial charge in [-0.25, -0.2) is 36.6 Å². The fourth-order valence-corrected chi connectivity index (χ4v) is 16.9. The van der Waals surface area contributed by atoms with Crippen LogP contribution in [-0.2, 0) is 57.2 Å². The number of hydrogen-bond donors (Lipinski definition) is 3. The second-order valence-corrected chi connectivity index (χ2v) is 34.1. The van der Waals surface area contributed by atoms with Crippen molar-refractivity contribution in [1.29, 1.82) is 0 Å². The summed E-state index contributed by atoms with van der Waals surface area (Å²) in [6.07, 6.45) is 18.0. The molecule has 2 aromatic carbocycles. The van der Waals surface area contributed by atoms with E-state index in [-0.39, 0.29) is 38.8 Å². The quantitative estimate of drug-likeness (QED) is 0.0494.